The van der Waals surface area contributed by atoms with Crippen LogP contribution in [0.2, 0.25) is 0 Å². The molecule has 0 bridgehead atoms. The van der Waals surface area contributed by atoms with Crippen molar-refractivity contribution >= 4 is 10.2 Å². The van der Waals surface area contributed by atoms with Crippen LogP contribution in [0.4, 0.5) is 0 Å². The molecule has 0 amide bonds. The van der Waals surface area contributed by atoms with Gasteiger partial charge >= 0.3 is 0 Å². The molecule has 0 aromatic heterocycles. The molecule has 2 aliphatic heterocycles. The third kappa shape index (κ3) is 2.85. The average Bonchev–Trinajstić information content (AvgIpc) is 2.78. The van der Waals surface area contributed by atoms with Crippen molar-refractivity contribution in [1.29, 1.82) is 0 Å². The van der Waals surface area contributed by atoms with Gasteiger partial charge in [-0.25, -0.2) is 0 Å². The van der Waals surface area contributed by atoms with Crippen molar-refractivity contribution in [2.75, 3.05) is 39.8 Å². The molecule has 18 heavy (non-hydrogen) atoms. The number of nitrogens with one attached hydrogen (secondary N) is 1. The number of nitrogens with zero attached hydrogens (tertiary/aromatic N) is 2. The molecule has 7 heteroatoms. The van der Waals surface area contributed by atoms with E-state index in [9.17, 15) is 8.42 Å². The van der Waals surface area contributed by atoms with E-state index in [1.54, 1.807) is 8.61 Å². The van der Waals surface area contributed by atoms with E-state index < -0.39 is 10.2 Å². The maximum Gasteiger partial charge on any atom is 0.282 e. The molecule has 0 aromatic rings. The molecule has 0 saturated carbocycles. The Balaban J connectivity index is 2.09. The van der Waals surface area contributed by atoms with E-state index in [1.165, 1.54) is 0 Å². The molecule has 106 valence electrons. The maximum absolute atomic E-state index is 12.6. The molecule has 0 spiro atoms. The lowest BCUT2D eigenvalue weighted by atomic mass is 10.2. The fraction of sp³-hybridized carbons (Fsp3) is 1.00. The van der Waals surface area contributed by atoms with Crippen LogP contribution in [0.5, 0.6) is 0 Å². The summed E-state index contributed by atoms with van der Waals surface area (Å²) in [5, 5.41) is 3.07. The Labute approximate surface area is 109 Å². The highest BCUT2D eigenvalue weighted by molar-refractivity contribution is 7.86. The topological polar surface area (TPSA) is 61.9 Å². The standard InChI is InChI=1S/C11H23N3O3S/c1-10-9-13(6-7-17-10)18(15,16)14-5-3-4-11(14)8-12-2/h10-12H,3-9H2,1-2H3/t10-,11+/m0/s1. The quantitative estimate of drug-likeness (QED) is 0.762. The van der Waals surface area contributed by atoms with Gasteiger partial charge in [-0.05, 0) is 26.8 Å². The van der Waals surface area contributed by atoms with Crippen molar-refractivity contribution in [2.45, 2.75) is 31.9 Å². The minimum atomic E-state index is -3.32. The van der Waals surface area contributed by atoms with Gasteiger partial charge in [0.2, 0.25) is 0 Å². The van der Waals surface area contributed by atoms with Gasteiger partial charge in [-0.1, -0.05) is 0 Å². The summed E-state index contributed by atoms with van der Waals surface area (Å²) < 4.78 is 33.8. The molecular formula is C11H23N3O3S. The van der Waals surface area contributed by atoms with Crippen molar-refractivity contribution < 1.29 is 13.2 Å². The van der Waals surface area contributed by atoms with Gasteiger partial charge in [-0.2, -0.15) is 17.0 Å². The predicted octanol–water partition coefficient (Wildman–Crippen LogP) is -0.364. The molecule has 0 aromatic carbocycles. The maximum atomic E-state index is 12.6. The molecule has 2 atom stereocenters. The molecule has 2 heterocycles. The van der Waals surface area contributed by atoms with Gasteiger partial charge in [0.25, 0.3) is 10.2 Å². The van der Waals surface area contributed by atoms with Crippen molar-refractivity contribution in [1.82, 2.24) is 13.9 Å². The van der Waals surface area contributed by atoms with Gasteiger partial charge in [0, 0.05) is 32.2 Å². The summed E-state index contributed by atoms with van der Waals surface area (Å²) in [5.74, 6) is 0. The Kier molecular flexibility index (Phi) is 4.60. The zero-order chi connectivity index (χ0) is 13.2. The highest BCUT2D eigenvalue weighted by atomic mass is 32.2. The van der Waals surface area contributed by atoms with Gasteiger partial charge in [0.1, 0.15) is 0 Å². The first-order chi connectivity index (χ1) is 8.55. The van der Waals surface area contributed by atoms with E-state index in [-0.39, 0.29) is 12.1 Å². The second-order valence-electron chi connectivity index (χ2n) is 5.01. The Hall–Kier alpha value is -0.210. The Morgan fingerprint density at radius 2 is 2.17 bits per heavy atom. The zero-order valence-corrected chi connectivity index (χ0v) is 11.9. The second kappa shape index (κ2) is 5.83. The smallest absolute Gasteiger partial charge is 0.282 e. The molecule has 0 aliphatic carbocycles. The molecule has 1 N–H and O–H groups in total. The Morgan fingerprint density at radius 3 is 2.83 bits per heavy atom. The molecule has 2 saturated heterocycles. The van der Waals surface area contributed by atoms with Crippen LogP contribution in [-0.2, 0) is 14.9 Å². The number of rotatable bonds is 4. The molecule has 6 nitrogen and oxygen atoms in total. The fourth-order valence-electron chi connectivity index (χ4n) is 2.70. The van der Waals surface area contributed by atoms with Crippen LogP contribution in [0.25, 0.3) is 0 Å². The summed E-state index contributed by atoms with van der Waals surface area (Å²) in [4.78, 5) is 0. The van der Waals surface area contributed by atoms with Crippen molar-refractivity contribution in [3.8, 4) is 0 Å². The van der Waals surface area contributed by atoms with Crippen LogP contribution in [0.1, 0.15) is 19.8 Å². The van der Waals surface area contributed by atoms with E-state index >= 15 is 0 Å². The largest absolute Gasteiger partial charge is 0.376 e. The van der Waals surface area contributed by atoms with E-state index in [0.29, 0.717) is 26.2 Å². The first-order valence-corrected chi connectivity index (χ1v) is 7.98. The van der Waals surface area contributed by atoms with Crippen molar-refractivity contribution in [3.05, 3.63) is 0 Å². The number of hydrogen-bond donors (Lipinski definition) is 1. The SMILES string of the molecule is CNC[C@H]1CCCN1S(=O)(=O)N1CCO[C@@H](C)C1. The normalized spacial score (nSPS) is 31.9. The molecule has 0 radical (unpaired) electrons. The summed E-state index contributed by atoms with van der Waals surface area (Å²) in [6.45, 7) is 4.70. The Bertz CT molecular complexity index is 374. The molecular weight excluding hydrogens is 254 g/mol. The highest BCUT2D eigenvalue weighted by Gasteiger charge is 2.39. The highest BCUT2D eigenvalue weighted by Crippen LogP contribution is 2.24. The zero-order valence-electron chi connectivity index (χ0n) is 11.1. The summed E-state index contributed by atoms with van der Waals surface area (Å²) in [5.41, 5.74) is 0. The molecule has 0 unspecified atom stereocenters. The first-order valence-electron chi connectivity index (χ1n) is 6.59. The third-order valence-electron chi connectivity index (χ3n) is 3.59. The van der Waals surface area contributed by atoms with Crippen LogP contribution >= 0.6 is 0 Å². The molecule has 2 fully saturated rings. The predicted molar refractivity (Wildman–Crippen MR) is 69.6 cm³/mol. The van der Waals surface area contributed by atoms with Crippen LogP contribution in [-0.4, -0.2) is 69.0 Å². The third-order valence-corrected chi connectivity index (χ3v) is 5.65. The van der Waals surface area contributed by atoms with Gasteiger partial charge in [-0.3, -0.25) is 0 Å². The van der Waals surface area contributed by atoms with Gasteiger partial charge in [-0.15, -0.1) is 0 Å². The van der Waals surface area contributed by atoms with Crippen molar-refractivity contribution in [2.24, 2.45) is 0 Å². The van der Waals surface area contributed by atoms with Crippen LogP contribution in [0, 0.1) is 0 Å². The Morgan fingerprint density at radius 1 is 1.39 bits per heavy atom. The van der Waals surface area contributed by atoms with Crippen LogP contribution < -0.4 is 5.32 Å². The van der Waals surface area contributed by atoms with Crippen molar-refractivity contribution in [3.63, 3.8) is 0 Å². The summed E-state index contributed by atoms with van der Waals surface area (Å²) >= 11 is 0. The van der Waals surface area contributed by atoms with E-state index in [1.807, 2.05) is 14.0 Å². The average molecular weight is 277 g/mol. The van der Waals surface area contributed by atoms with Crippen LogP contribution in [0.3, 0.4) is 0 Å². The number of morpholine rings is 1. The first kappa shape index (κ1) is 14.2. The monoisotopic (exact) mass is 277 g/mol. The summed E-state index contributed by atoms with van der Waals surface area (Å²) in [6.07, 6.45) is 1.88. The second-order valence-corrected chi connectivity index (χ2v) is 6.89. The summed E-state index contributed by atoms with van der Waals surface area (Å²) in [6, 6.07) is 0.0955. The summed E-state index contributed by atoms with van der Waals surface area (Å²) in [7, 11) is -1.46. The van der Waals surface area contributed by atoms with Crippen LogP contribution in [0.15, 0.2) is 0 Å². The number of likely N-dealkylation sites (N-methyl/N-ethyl adjacent to an activating group) is 1. The van der Waals surface area contributed by atoms with Gasteiger partial charge in [0.05, 0.1) is 12.7 Å². The van der Waals surface area contributed by atoms with Gasteiger partial charge < -0.3 is 10.1 Å². The van der Waals surface area contributed by atoms with E-state index in [0.717, 1.165) is 19.4 Å². The number of ether oxygens (including phenoxy) is 1. The van der Waals surface area contributed by atoms with Gasteiger partial charge in [0.15, 0.2) is 0 Å². The fourth-order valence-corrected chi connectivity index (χ4v) is 4.61. The molecule has 2 rings (SSSR count). The number of hydrogen-bond acceptors (Lipinski definition) is 4. The molecule has 2 aliphatic rings. The van der Waals surface area contributed by atoms with E-state index in [2.05, 4.69) is 5.32 Å². The lowest BCUT2D eigenvalue weighted by Gasteiger charge is -2.35. The minimum absolute atomic E-state index is 0.0149. The van der Waals surface area contributed by atoms with E-state index in [4.69, 9.17) is 4.74 Å². The lowest BCUT2D eigenvalue weighted by molar-refractivity contribution is 0.00813. The lowest BCUT2D eigenvalue weighted by Crippen LogP contribution is -2.53. The minimum Gasteiger partial charge on any atom is -0.376 e.